The Balaban J connectivity index is 1.90. The second-order valence-electron chi connectivity index (χ2n) is 5.44. The van der Waals surface area contributed by atoms with Crippen molar-refractivity contribution in [2.45, 2.75) is 25.1 Å². The van der Waals surface area contributed by atoms with Gasteiger partial charge in [-0.15, -0.1) is 0 Å². The molecule has 0 spiro atoms. The van der Waals surface area contributed by atoms with Crippen LogP contribution in [0.4, 0.5) is 18.9 Å². The predicted octanol–water partition coefficient (Wildman–Crippen LogP) is 3.75. The Bertz CT molecular complexity index is 504. The van der Waals surface area contributed by atoms with Crippen molar-refractivity contribution in [3.63, 3.8) is 0 Å². The van der Waals surface area contributed by atoms with Gasteiger partial charge in [-0.05, 0) is 37.6 Å². The van der Waals surface area contributed by atoms with E-state index < -0.39 is 11.7 Å². The van der Waals surface area contributed by atoms with Crippen LogP contribution in [0.25, 0.3) is 0 Å². The van der Waals surface area contributed by atoms with Gasteiger partial charge in [0, 0.05) is 35.8 Å². The SMILES string of the molecule is FC(F)(F)c1cc(Br)ccc1N1CCN2CCCC2C1. The molecule has 2 nitrogen and oxygen atoms in total. The summed E-state index contributed by atoms with van der Waals surface area (Å²) in [6, 6.07) is 4.85. The second kappa shape index (κ2) is 5.22. The third-order valence-electron chi connectivity index (χ3n) is 4.19. The molecule has 3 rings (SSSR count). The van der Waals surface area contributed by atoms with Crippen molar-refractivity contribution in [2.75, 3.05) is 31.1 Å². The molecule has 20 heavy (non-hydrogen) atoms. The normalized spacial score (nSPS) is 24.0. The highest BCUT2D eigenvalue weighted by molar-refractivity contribution is 9.10. The number of nitrogens with zero attached hydrogens (tertiary/aromatic N) is 2. The van der Waals surface area contributed by atoms with Crippen LogP contribution in [0.2, 0.25) is 0 Å². The molecule has 0 saturated carbocycles. The van der Waals surface area contributed by atoms with Gasteiger partial charge in [-0.3, -0.25) is 4.90 Å². The lowest BCUT2D eigenvalue weighted by Crippen LogP contribution is -2.50. The average molecular weight is 349 g/mol. The summed E-state index contributed by atoms with van der Waals surface area (Å²) in [5.74, 6) is 0. The van der Waals surface area contributed by atoms with Crippen molar-refractivity contribution in [1.82, 2.24) is 4.90 Å². The fraction of sp³-hybridized carbons (Fsp3) is 0.571. The molecule has 2 aliphatic heterocycles. The highest BCUT2D eigenvalue weighted by atomic mass is 79.9. The van der Waals surface area contributed by atoms with Crippen molar-refractivity contribution in [3.8, 4) is 0 Å². The number of anilines is 1. The van der Waals surface area contributed by atoms with E-state index in [0.717, 1.165) is 25.9 Å². The lowest BCUT2D eigenvalue weighted by Gasteiger charge is -2.39. The molecule has 0 N–H and O–H groups in total. The number of hydrogen-bond acceptors (Lipinski definition) is 2. The van der Waals surface area contributed by atoms with Gasteiger partial charge >= 0.3 is 6.18 Å². The molecule has 1 unspecified atom stereocenters. The second-order valence-corrected chi connectivity index (χ2v) is 6.35. The van der Waals surface area contributed by atoms with Crippen LogP contribution in [0.5, 0.6) is 0 Å². The fourth-order valence-corrected chi connectivity index (χ4v) is 3.58. The molecule has 2 fully saturated rings. The molecule has 0 aromatic heterocycles. The lowest BCUT2D eigenvalue weighted by atomic mass is 10.1. The maximum absolute atomic E-state index is 13.2. The zero-order chi connectivity index (χ0) is 14.3. The lowest BCUT2D eigenvalue weighted by molar-refractivity contribution is -0.137. The van der Waals surface area contributed by atoms with E-state index in [1.807, 2.05) is 4.90 Å². The van der Waals surface area contributed by atoms with Crippen LogP contribution in [0.15, 0.2) is 22.7 Å². The number of alkyl halides is 3. The Kier molecular flexibility index (Phi) is 3.71. The molecule has 2 saturated heterocycles. The summed E-state index contributed by atoms with van der Waals surface area (Å²) >= 11 is 3.13. The van der Waals surface area contributed by atoms with Gasteiger partial charge in [-0.25, -0.2) is 0 Å². The van der Waals surface area contributed by atoms with Crippen LogP contribution in [-0.4, -0.2) is 37.1 Å². The minimum atomic E-state index is -4.31. The van der Waals surface area contributed by atoms with Gasteiger partial charge in [-0.1, -0.05) is 15.9 Å². The summed E-state index contributed by atoms with van der Waals surface area (Å²) in [6.45, 7) is 3.31. The largest absolute Gasteiger partial charge is 0.418 e. The summed E-state index contributed by atoms with van der Waals surface area (Å²) in [4.78, 5) is 4.28. The van der Waals surface area contributed by atoms with E-state index in [1.54, 1.807) is 12.1 Å². The monoisotopic (exact) mass is 348 g/mol. The number of hydrogen-bond donors (Lipinski definition) is 0. The number of piperazine rings is 1. The molecule has 0 bridgehead atoms. The van der Waals surface area contributed by atoms with Gasteiger partial charge in [-0.2, -0.15) is 13.2 Å². The van der Waals surface area contributed by atoms with Gasteiger partial charge in [0.1, 0.15) is 0 Å². The minimum Gasteiger partial charge on any atom is -0.368 e. The molecule has 6 heteroatoms. The Morgan fingerprint density at radius 1 is 1.15 bits per heavy atom. The summed E-state index contributed by atoms with van der Waals surface area (Å²) in [6.07, 6.45) is -2.06. The third kappa shape index (κ3) is 2.68. The number of rotatable bonds is 1. The minimum absolute atomic E-state index is 0.312. The molecule has 1 aromatic carbocycles. The van der Waals surface area contributed by atoms with E-state index >= 15 is 0 Å². The van der Waals surface area contributed by atoms with E-state index in [1.165, 1.54) is 6.07 Å². The molecule has 0 aliphatic carbocycles. The van der Waals surface area contributed by atoms with Gasteiger partial charge in [0.15, 0.2) is 0 Å². The van der Waals surface area contributed by atoms with Gasteiger partial charge < -0.3 is 4.90 Å². The quantitative estimate of drug-likeness (QED) is 0.762. The van der Waals surface area contributed by atoms with Crippen molar-refractivity contribution in [2.24, 2.45) is 0 Å². The zero-order valence-electron chi connectivity index (χ0n) is 11.0. The molecular formula is C14H16BrF3N2. The standard InChI is InChI=1S/C14H16BrF3N2/c15-10-3-4-13(12(8-10)14(16,17)18)20-7-6-19-5-1-2-11(19)9-20/h3-4,8,11H,1-2,5-7,9H2. The highest BCUT2D eigenvalue weighted by Gasteiger charge is 2.37. The van der Waals surface area contributed by atoms with Gasteiger partial charge in [0.25, 0.3) is 0 Å². The Hall–Kier alpha value is -0.750. The summed E-state index contributed by atoms with van der Waals surface area (Å²) in [5.41, 5.74) is -0.231. The fourth-order valence-electron chi connectivity index (χ4n) is 3.22. The van der Waals surface area contributed by atoms with Crippen LogP contribution >= 0.6 is 15.9 Å². The molecule has 1 aromatic rings. The zero-order valence-corrected chi connectivity index (χ0v) is 12.5. The maximum Gasteiger partial charge on any atom is 0.418 e. The van der Waals surface area contributed by atoms with Crippen molar-refractivity contribution in [3.05, 3.63) is 28.2 Å². The first-order valence-corrected chi connectivity index (χ1v) is 7.60. The first kappa shape index (κ1) is 14.2. The smallest absolute Gasteiger partial charge is 0.368 e. The molecular weight excluding hydrogens is 333 g/mol. The number of halogens is 4. The third-order valence-corrected chi connectivity index (χ3v) is 4.69. The van der Waals surface area contributed by atoms with Gasteiger partial charge in [0.2, 0.25) is 0 Å². The maximum atomic E-state index is 13.2. The number of fused-ring (bicyclic) bond motifs is 1. The highest BCUT2D eigenvalue weighted by Crippen LogP contribution is 2.39. The molecule has 110 valence electrons. The van der Waals surface area contributed by atoms with E-state index in [0.29, 0.717) is 29.3 Å². The van der Waals surface area contributed by atoms with Crippen molar-refractivity contribution >= 4 is 21.6 Å². The molecule has 0 radical (unpaired) electrons. The molecule has 1 atom stereocenters. The van der Waals surface area contributed by atoms with Crippen LogP contribution in [-0.2, 0) is 6.18 Å². The Labute approximate surface area is 124 Å². The first-order chi connectivity index (χ1) is 9.45. The van der Waals surface area contributed by atoms with Crippen molar-refractivity contribution in [1.29, 1.82) is 0 Å². The molecule has 2 aliphatic rings. The number of benzene rings is 1. The summed E-state index contributed by atoms with van der Waals surface area (Å²) in [7, 11) is 0. The van der Waals surface area contributed by atoms with Gasteiger partial charge in [0.05, 0.1) is 5.56 Å². The average Bonchev–Trinajstić information content (AvgIpc) is 2.84. The Morgan fingerprint density at radius 3 is 2.70 bits per heavy atom. The van der Waals surface area contributed by atoms with Crippen LogP contribution < -0.4 is 4.90 Å². The molecule has 2 heterocycles. The topological polar surface area (TPSA) is 6.48 Å². The van der Waals surface area contributed by atoms with Crippen LogP contribution in [0, 0.1) is 0 Å². The van der Waals surface area contributed by atoms with Crippen LogP contribution in [0.3, 0.4) is 0 Å². The van der Waals surface area contributed by atoms with Crippen LogP contribution in [0.1, 0.15) is 18.4 Å². The summed E-state index contributed by atoms with van der Waals surface area (Å²) < 4.78 is 40.0. The predicted molar refractivity (Wildman–Crippen MR) is 76.0 cm³/mol. The van der Waals surface area contributed by atoms with Crippen molar-refractivity contribution < 1.29 is 13.2 Å². The molecule has 0 amide bonds. The Morgan fingerprint density at radius 2 is 1.95 bits per heavy atom. The summed E-state index contributed by atoms with van der Waals surface area (Å²) in [5, 5.41) is 0. The van der Waals surface area contributed by atoms with E-state index in [9.17, 15) is 13.2 Å². The van der Waals surface area contributed by atoms with E-state index in [-0.39, 0.29) is 0 Å². The van der Waals surface area contributed by atoms with E-state index in [4.69, 9.17) is 0 Å². The van der Waals surface area contributed by atoms with E-state index in [2.05, 4.69) is 20.8 Å². The first-order valence-electron chi connectivity index (χ1n) is 6.81.